The molecular weight excluding hydrogens is 485 g/mol. The Bertz CT molecular complexity index is 1220. The van der Waals surface area contributed by atoms with Gasteiger partial charge in [0.1, 0.15) is 12.4 Å². The Morgan fingerprint density at radius 1 is 1.03 bits per heavy atom. The molecule has 3 rings (SSSR count). The average Bonchev–Trinajstić information content (AvgIpc) is 2.87. The summed E-state index contributed by atoms with van der Waals surface area (Å²) < 4.78 is 53.1. The van der Waals surface area contributed by atoms with Crippen molar-refractivity contribution in [3.63, 3.8) is 0 Å². The maximum Gasteiger partial charge on any atom is 0.412 e. The molecule has 198 valence electrons. The van der Waals surface area contributed by atoms with E-state index >= 15 is 0 Å². The maximum atomic E-state index is 14.1. The predicted molar refractivity (Wildman–Crippen MR) is 136 cm³/mol. The molecule has 1 unspecified atom stereocenters. The molecule has 0 heterocycles. The molecule has 0 aliphatic heterocycles. The summed E-state index contributed by atoms with van der Waals surface area (Å²) in [5.74, 6) is -0.563. The van der Waals surface area contributed by atoms with Crippen LogP contribution in [0, 0.1) is 6.92 Å². The Kier molecular flexibility index (Phi) is 9.38. The Morgan fingerprint density at radius 3 is 2.49 bits per heavy atom. The molecule has 0 radical (unpaired) electrons. The Morgan fingerprint density at radius 2 is 1.76 bits per heavy atom. The number of hydrogen-bond donors (Lipinski definition) is 1. The molecule has 1 N–H and O–H groups in total. The fourth-order valence-corrected chi connectivity index (χ4v) is 3.79. The highest BCUT2D eigenvalue weighted by Crippen LogP contribution is 2.36. The standard InChI is InChI=1S/C28H31F3N2O4/c1-4-5-16-37-27(35)33(3)15-17-36-21-14-13-19(2)24(18-21)26(34)32-25(28(29,30)31)23-12-8-10-20-9-6-7-11-22(20)23/h6-14,18,25H,4-5,15-17H2,1-3H3,(H,32,34). The molecule has 0 spiro atoms. The van der Waals surface area contributed by atoms with E-state index in [1.165, 1.54) is 17.0 Å². The molecule has 6 nitrogen and oxygen atoms in total. The summed E-state index contributed by atoms with van der Waals surface area (Å²) in [5.41, 5.74) is 0.539. The van der Waals surface area contributed by atoms with Gasteiger partial charge in [-0.05, 0) is 47.4 Å². The molecule has 0 aliphatic carbocycles. The third kappa shape index (κ3) is 7.38. The van der Waals surface area contributed by atoms with Crippen LogP contribution in [0.15, 0.2) is 60.7 Å². The summed E-state index contributed by atoms with van der Waals surface area (Å²) in [6.07, 6.45) is -3.49. The summed E-state index contributed by atoms with van der Waals surface area (Å²) in [6, 6.07) is 13.8. The van der Waals surface area contributed by atoms with Gasteiger partial charge in [-0.15, -0.1) is 0 Å². The Labute approximate surface area is 214 Å². The number of unbranched alkanes of at least 4 members (excludes halogenated alkanes) is 1. The van der Waals surface area contributed by atoms with Crippen LogP contribution in [0.4, 0.5) is 18.0 Å². The monoisotopic (exact) mass is 516 g/mol. The third-order valence-corrected chi connectivity index (χ3v) is 5.92. The molecule has 37 heavy (non-hydrogen) atoms. The lowest BCUT2D eigenvalue weighted by Gasteiger charge is -2.24. The lowest BCUT2D eigenvalue weighted by atomic mass is 9.97. The summed E-state index contributed by atoms with van der Waals surface area (Å²) in [4.78, 5) is 26.3. The molecule has 0 aromatic heterocycles. The van der Waals surface area contributed by atoms with Gasteiger partial charge >= 0.3 is 12.3 Å². The number of hydrogen-bond acceptors (Lipinski definition) is 4. The van der Waals surface area contributed by atoms with Gasteiger partial charge in [0, 0.05) is 12.6 Å². The second kappa shape index (κ2) is 12.5. The van der Waals surface area contributed by atoms with E-state index in [2.05, 4.69) is 5.32 Å². The van der Waals surface area contributed by atoms with Crippen molar-refractivity contribution in [1.82, 2.24) is 10.2 Å². The van der Waals surface area contributed by atoms with Gasteiger partial charge in [-0.2, -0.15) is 13.2 Å². The number of likely N-dealkylation sites (N-methyl/N-ethyl adjacent to an activating group) is 1. The first-order valence-corrected chi connectivity index (χ1v) is 12.1. The van der Waals surface area contributed by atoms with Crippen LogP contribution >= 0.6 is 0 Å². The van der Waals surface area contributed by atoms with Crippen LogP contribution in [-0.2, 0) is 4.74 Å². The second-order valence-corrected chi connectivity index (χ2v) is 8.73. The molecule has 3 aromatic rings. The van der Waals surface area contributed by atoms with Crippen LogP contribution in [0.2, 0.25) is 0 Å². The summed E-state index contributed by atoms with van der Waals surface area (Å²) in [7, 11) is 1.58. The number of aryl methyl sites for hydroxylation is 1. The normalized spacial score (nSPS) is 12.2. The Hall–Kier alpha value is -3.75. The van der Waals surface area contributed by atoms with E-state index < -0.39 is 24.2 Å². The van der Waals surface area contributed by atoms with Gasteiger partial charge in [-0.25, -0.2) is 4.79 Å². The van der Waals surface area contributed by atoms with Crippen LogP contribution in [0.3, 0.4) is 0 Å². The molecule has 0 fully saturated rings. The fraction of sp³-hybridized carbons (Fsp3) is 0.357. The number of ether oxygens (including phenoxy) is 2. The molecule has 1 atom stereocenters. The largest absolute Gasteiger partial charge is 0.492 e. The number of rotatable bonds is 10. The number of carbonyl (C=O) groups excluding carboxylic acids is 2. The first kappa shape index (κ1) is 27.8. The summed E-state index contributed by atoms with van der Waals surface area (Å²) in [6.45, 7) is 4.32. The highest BCUT2D eigenvalue weighted by molar-refractivity contribution is 5.97. The van der Waals surface area contributed by atoms with Crippen LogP contribution in [-0.4, -0.2) is 49.9 Å². The molecule has 2 amide bonds. The van der Waals surface area contributed by atoms with Crippen molar-refractivity contribution in [2.45, 2.75) is 38.9 Å². The predicted octanol–water partition coefficient (Wildman–Crippen LogP) is 6.43. The van der Waals surface area contributed by atoms with E-state index in [4.69, 9.17) is 9.47 Å². The second-order valence-electron chi connectivity index (χ2n) is 8.73. The van der Waals surface area contributed by atoms with E-state index in [-0.39, 0.29) is 24.3 Å². The van der Waals surface area contributed by atoms with Crippen LogP contribution < -0.4 is 10.1 Å². The summed E-state index contributed by atoms with van der Waals surface area (Å²) in [5, 5.41) is 3.24. The van der Waals surface area contributed by atoms with Crippen molar-refractivity contribution in [3.05, 3.63) is 77.4 Å². The topological polar surface area (TPSA) is 67.9 Å². The number of alkyl halides is 3. The van der Waals surface area contributed by atoms with Crippen molar-refractivity contribution in [2.75, 3.05) is 26.8 Å². The smallest absolute Gasteiger partial charge is 0.412 e. The first-order valence-electron chi connectivity index (χ1n) is 12.1. The van der Waals surface area contributed by atoms with Gasteiger partial charge in [0.15, 0.2) is 6.04 Å². The van der Waals surface area contributed by atoms with Gasteiger partial charge in [0.05, 0.1) is 13.2 Å². The number of amides is 2. The minimum atomic E-state index is -4.71. The van der Waals surface area contributed by atoms with Crippen molar-refractivity contribution in [3.8, 4) is 5.75 Å². The van der Waals surface area contributed by atoms with E-state index in [1.807, 2.05) is 6.92 Å². The van der Waals surface area contributed by atoms with Gasteiger partial charge in [0.25, 0.3) is 5.91 Å². The van der Waals surface area contributed by atoms with Gasteiger partial charge in [-0.3, -0.25) is 4.79 Å². The molecule has 0 saturated carbocycles. The van der Waals surface area contributed by atoms with E-state index in [0.717, 1.165) is 12.8 Å². The SMILES string of the molecule is CCCCOC(=O)N(C)CCOc1ccc(C)c(C(=O)NC(c2cccc3ccccc23)C(F)(F)F)c1. The third-order valence-electron chi connectivity index (χ3n) is 5.92. The quantitative estimate of drug-likeness (QED) is 0.316. The number of benzene rings is 3. The summed E-state index contributed by atoms with van der Waals surface area (Å²) >= 11 is 0. The fourth-order valence-electron chi connectivity index (χ4n) is 3.79. The van der Waals surface area contributed by atoms with Crippen molar-refractivity contribution in [1.29, 1.82) is 0 Å². The van der Waals surface area contributed by atoms with Crippen molar-refractivity contribution >= 4 is 22.8 Å². The van der Waals surface area contributed by atoms with Crippen molar-refractivity contribution in [2.24, 2.45) is 0 Å². The molecule has 0 saturated heterocycles. The zero-order chi connectivity index (χ0) is 27.0. The van der Waals surface area contributed by atoms with E-state index in [0.29, 0.717) is 28.7 Å². The lowest BCUT2D eigenvalue weighted by Crippen LogP contribution is -2.38. The highest BCUT2D eigenvalue weighted by atomic mass is 19.4. The first-order chi connectivity index (χ1) is 17.6. The number of fused-ring (bicyclic) bond motifs is 1. The number of nitrogens with one attached hydrogen (secondary N) is 1. The van der Waals surface area contributed by atoms with Crippen LogP contribution in [0.1, 0.15) is 47.3 Å². The molecule has 0 bridgehead atoms. The molecule has 3 aromatic carbocycles. The van der Waals surface area contributed by atoms with Crippen LogP contribution in [0.5, 0.6) is 5.75 Å². The zero-order valence-corrected chi connectivity index (χ0v) is 21.1. The lowest BCUT2D eigenvalue weighted by molar-refractivity contribution is -0.154. The molecular formula is C28H31F3N2O4. The van der Waals surface area contributed by atoms with Gasteiger partial charge in [0.2, 0.25) is 0 Å². The highest BCUT2D eigenvalue weighted by Gasteiger charge is 2.42. The van der Waals surface area contributed by atoms with Gasteiger partial charge < -0.3 is 19.7 Å². The minimum absolute atomic E-state index is 0.0298. The maximum absolute atomic E-state index is 14.1. The number of nitrogens with zero attached hydrogens (tertiary/aromatic N) is 1. The Balaban J connectivity index is 1.72. The average molecular weight is 517 g/mol. The van der Waals surface area contributed by atoms with Crippen molar-refractivity contribution < 1.29 is 32.2 Å². The van der Waals surface area contributed by atoms with Crippen LogP contribution in [0.25, 0.3) is 10.8 Å². The molecule has 9 heteroatoms. The molecule has 0 aliphatic rings. The van der Waals surface area contributed by atoms with E-state index in [9.17, 15) is 22.8 Å². The zero-order valence-electron chi connectivity index (χ0n) is 21.1. The van der Waals surface area contributed by atoms with Gasteiger partial charge in [-0.1, -0.05) is 61.9 Å². The minimum Gasteiger partial charge on any atom is -0.492 e. The van der Waals surface area contributed by atoms with E-state index in [1.54, 1.807) is 62.5 Å². The number of halogens is 3. The number of carbonyl (C=O) groups is 2.